The number of piperidine rings is 1. The summed E-state index contributed by atoms with van der Waals surface area (Å²) < 4.78 is 1.97. The number of rotatable bonds is 7. The van der Waals surface area contributed by atoms with E-state index in [-0.39, 0.29) is 24.1 Å². The summed E-state index contributed by atoms with van der Waals surface area (Å²) in [5, 5.41) is 0.710. The zero-order valence-electron chi connectivity index (χ0n) is 18.7. The van der Waals surface area contributed by atoms with Crippen molar-refractivity contribution in [2.24, 2.45) is 5.92 Å². The number of hydrogen-bond acceptors (Lipinski definition) is 4. The molecule has 2 aromatic carbocycles. The second-order valence-electron chi connectivity index (χ2n) is 8.32. The molecule has 6 nitrogen and oxygen atoms in total. The smallest absolute Gasteiger partial charge is 0.242 e. The number of imidazole rings is 1. The molecule has 4 rings (SSSR count). The van der Waals surface area contributed by atoms with E-state index in [0.717, 1.165) is 36.2 Å². The number of nitrogens with zero attached hydrogens (tertiary/aromatic N) is 4. The number of anilines is 1. The van der Waals surface area contributed by atoms with Crippen LogP contribution in [0.15, 0.2) is 59.8 Å². The fourth-order valence-electron chi connectivity index (χ4n) is 4.28. The molecule has 7 heteroatoms. The molecule has 0 aliphatic carbocycles. The van der Waals surface area contributed by atoms with E-state index in [1.165, 1.54) is 18.2 Å². The van der Waals surface area contributed by atoms with Gasteiger partial charge < -0.3 is 14.4 Å². The number of amides is 2. The molecule has 1 atom stereocenters. The van der Waals surface area contributed by atoms with E-state index in [0.29, 0.717) is 17.6 Å². The van der Waals surface area contributed by atoms with Gasteiger partial charge in [0.15, 0.2) is 5.16 Å². The van der Waals surface area contributed by atoms with Crippen LogP contribution < -0.4 is 4.90 Å². The predicted molar refractivity (Wildman–Crippen MR) is 130 cm³/mol. The molecule has 0 saturated carbocycles. The van der Waals surface area contributed by atoms with Crippen molar-refractivity contribution in [3.05, 3.63) is 54.6 Å². The molecule has 168 valence electrons. The molecule has 2 heterocycles. The van der Waals surface area contributed by atoms with Crippen molar-refractivity contribution in [2.45, 2.75) is 38.4 Å². The van der Waals surface area contributed by atoms with Gasteiger partial charge in [-0.2, -0.15) is 0 Å². The van der Waals surface area contributed by atoms with E-state index in [2.05, 4.69) is 6.92 Å². The summed E-state index contributed by atoms with van der Waals surface area (Å²) in [6.07, 6.45) is 2.23. The van der Waals surface area contributed by atoms with Crippen LogP contribution in [0, 0.1) is 5.92 Å². The summed E-state index contributed by atoms with van der Waals surface area (Å²) in [6, 6.07) is 17.5. The van der Waals surface area contributed by atoms with Crippen molar-refractivity contribution in [1.29, 1.82) is 0 Å². The van der Waals surface area contributed by atoms with Crippen molar-refractivity contribution in [3.8, 4) is 0 Å². The van der Waals surface area contributed by atoms with E-state index in [9.17, 15) is 9.59 Å². The maximum Gasteiger partial charge on any atom is 0.242 e. The average Bonchev–Trinajstić information content (AvgIpc) is 3.16. The van der Waals surface area contributed by atoms with Gasteiger partial charge in [-0.1, -0.05) is 49.0 Å². The summed E-state index contributed by atoms with van der Waals surface area (Å²) in [7, 11) is 0. The molecule has 32 heavy (non-hydrogen) atoms. The highest BCUT2D eigenvalue weighted by Crippen LogP contribution is 2.26. The number of fused-ring (bicyclic) bond motifs is 1. The fourth-order valence-corrected chi connectivity index (χ4v) is 5.17. The third-order valence-electron chi connectivity index (χ3n) is 5.93. The lowest BCUT2D eigenvalue weighted by molar-refractivity contribution is -0.133. The van der Waals surface area contributed by atoms with Gasteiger partial charge in [-0.05, 0) is 49.9 Å². The number of carbonyl (C=O) groups excluding carboxylic acids is 2. The highest BCUT2D eigenvalue weighted by molar-refractivity contribution is 7.99. The summed E-state index contributed by atoms with van der Waals surface area (Å²) >= 11 is 1.40. The van der Waals surface area contributed by atoms with Crippen molar-refractivity contribution < 1.29 is 9.59 Å². The predicted octanol–water partition coefficient (Wildman–Crippen LogP) is 4.44. The molecule has 3 aromatic rings. The van der Waals surface area contributed by atoms with Gasteiger partial charge in [0.25, 0.3) is 0 Å². The van der Waals surface area contributed by atoms with E-state index in [1.54, 1.807) is 4.90 Å². The van der Waals surface area contributed by atoms with Crippen LogP contribution in [0.3, 0.4) is 0 Å². The van der Waals surface area contributed by atoms with E-state index < -0.39 is 0 Å². The first kappa shape index (κ1) is 22.4. The summed E-state index contributed by atoms with van der Waals surface area (Å²) in [5.41, 5.74) is 2.66. The fraction of sp³-hybridized carbons (Fsp3) is 0.400. The van der Waals surface area contributed by atoms with Gasteiger partial charge in [0.2, 0.25) is 11.8 Å². The van der Waals surface area contributed by atoms with Crippen LogP contribution in [0.25, 0.3) is 11.0 Å². The van der Waals surface area contributed by atoms with E-state index in [4.69, 9.17) is 4.98 Å². The topological polar surface area (TPSA) is 58.4 Å². The molecule has 1 saturated heterocycles. The van der Waals surface area contributed by atoms with Gasteiger partial charge >= 0.3 is 0 Å². The normalized spacial score (nSPS) is 16.3. The minimum atomic E-state index is 0.0264. The zero-order chi connectivity index (χ0) is 22.5. The average molecular weight is 451 g/mol. The lowest BCUT2D eigenvalue weighted by Gasteiger charge is -2.31. The number of benzene rings is 2. The molecule has 0 radical (unpaired) electrons. The number of hydrogen-bond donors (Lipinski definition) is 0. The lowest BCUT2D eigenvalue weighted by Crippen LogP contribution is -2.40. The number of carbonyl (C=O) groups is 2. The molecule has 1 fully saturated rings. The Morgan fingerprint density at radius 3 is 2.62 bits per heavy atom. The van der Waals surface area contributed by atoms with Crippen molar-refractivity contribution in [2.75, 3.05) is 30.3 Å². The van der Waals surface area contributed by atoms with E-state index >= 15 is 0 Å². The molecular formula is C25H30N4O2S. The standard InChI is InChI=1S/C25H30N4O2S/c1-3-28(20-11-5-4-6-12-20)24(31)18-32-25-26-21-13-7-8-14-22(21)29(25)17-23(30)27-15-9-10-19(2)16-27/h4-8,11-14,19H,3,9-10,15-18H2,1-2H3/t19-/m0/s1. The largest absolute Gasteiger partial charge is 0.341 e. The molecule has 0 spiro atoms. The van der Waals surface area contributed by atoms with Gasteiger partial charge in [-0.3, -0.25) is 9.59 Å². The van der Waals surface area contributed by atoms with Gasteiger partial charge in [0.05, 0.1) is 16.8 Å². The minimum Gasteiger partial charge on any atom is -0.341 e. The second kappa shape index (κ2) is 10.2. The second-order valence-corrected chi connectivity index (χ2v) is 9.26. The van der Waals surface area contributed by atoms with Crippen molar-refractivity contribution >= 4 is 40.3 Å². The number of aromatic nitrogens is 2. The lowest BCUT2D eigenvalue weighted by atomic mass is 10.0. The first-order valence-corrected chi connectivity index (χ1v) is 12.3. The van der Waals surface area contributed by atoms with E-state index in [1.807, 2.05) is 71.0 Å². The van der Waals surface area contributed by atoms with Crippen LogP contribution in [-0.2, 0) is 16.1 Å². The van der Waals surface area contributed by atoms with Crippen LogP contribution >= 0.6 is 11.8 Å². The van der Waals surface area contributed by atoms with Gasteiger partial charge in [-0.15, -0.1) is 0 Å². The van der Waals surface area contributed by atoms with Crippen LogP contribution in [0.4, 0.5) is 5.69 Å². The molecule has 1 aliphatic heterocycles. The number of thioether (sulfide) groups is 1. The Morgan fingerprint density at radius 2 is 1.88 bits per heavy atom. The Labute approximate surface area is 193 Å². The van der Waals surface area contributed by atoms with Crippen molar-refractivity contribution in [1.82, 2.24) is 14.5 Å². The number of likely N-dealkylation sites (tertiary alicyclic amines) is 1. The van der Waals surface area contributed by atoms with Crippen LogP contribution in [-0.4, -0.2) is 51.7 Å². The van der Waals surface area contributed by atoms with Gasteiger partial charge in [0.1, 0.15) is 6.54 Å². The zero-order valence-corrected chi connectivity index (χ0v) is 19.6. The quantitative estimate of drug-likeness (QED) is 0.500. The molecule has 0 unspecified atom stereocenters. The molecule has 1 aliphatic rings. The number of para-hydroxylation sites is 3. The van der Waals surface area contributed by atoms with Crippen LogP contribution in [0.5, 0.6) is 0 Å². The minimum absolute atomic E-state index is 0.0264. The van der Waals surface area contributed by atoms with Crippen LogP contribution in [0.2, 0.25) is 0 Å². The maximum absolute atomic E-state index is 13.1. The molecule has 0 N–H and O–H groups in total. The summed E-state index contributed by atoms with van der Waals surface area (Å²) in [6.45, 7) is 6.66. The third kappa shape index (κ3) is 4.99. The van der Waals surface area contributed by atoms with Gasteiger partial charge in [-0.25, -0.2) is 4.98 Å². The molecular weight excluding hydrogens is 420 g/mol. The van der Waals surface area contributed by atoms with Gasteiger partial charge in [0, 0.05) is 25.3 Å². The van der Waals surface area contributed by atoms with Crippen LogP contribution in [0.1, 0.15) is 26.7 Å². The first-order valence-electron chi connectivity index (χ1n) is 11.3. The highest BCUT2D eigenvalue weighted by atomic mass is 32.2. The molecule has 1 aromatic heterocycles. The van der Waals surface area contributed by atoms with Crippen molar-refractivity contribution in [3.63, 3.8) is 0 Å². The Bertz CT molecular complexity index is 1080. The Morgan fingerprint density at radius 1 is 1.12 bits per heavy atom. The summed E-state index contributed by atoms with van der Waals surface area (Å²) in [4.78, 5) is 34.5. The third-order valence-corrected chi connectivity index (χ3v) is 6.89. The molecule has 0 bridgehead atoms. The monoisotopic (exact) mass is 450 g/mol. The Hall–Kier alpha value is -2.80. The Kier molecular flexibility index (Phi) is 7.15. The first-order chi connectivity index (χ1) is 15.6. The SMILES string of the molecule is CCN(C(=O)CSc1nc2ccccc2n1CC(=O)N1CCC[C@H](C)C1)c1ccccc1. The maximum atomic E-state index is 13.1. The highest BCUT2D eigenvalue weighted by Gasteiger charge is 2.23. The Balaban J connectivity index is 1.52. The summed E-state index contributed by atoms with van der Waals surface area (Å²) in [5.74, 6) is 0.948. The molecule has 2 amide bonds.